The molecule has 6 N–H and O–H groups in total. The number of carbonyl (C=O) groups is 1. The van der Waals surface area contributed by atoms with Crippen molar-refractivity contribution >= 4 is 5.91 Å². The molecule has 1 fully saturated rings. The number of nitrogens with two attached hydrogens (primary N) is 1. The van der Waals surface area contributed by atoms with Gasteiger partial charge in [-0.3, -0.25) is 4.79 Å². The van der Waals surface area contributed by atoms with Crippen molar-refractivity contribution in [1.82, 2.24) is 15.3 Å². The zero-order valence-electron chi connectivity index (χ0n) is 15.9. The second-order valence-corrected chi connectivity index (χ2v) is 7.97. The molecule has 0 bridgehead atoms. The second-order valence-electron chi connectivity index (χ2n) is 7.97. The van der Waals surface area contributed by atoms with E-state index in [9.17, 15) is 15.0 Å². The number of imidazole rings is 1. The number of amides is 1. The number of nitrogens with zero attached hydrogens (tertiary/aromatic N) is 1. The Morgan fingerprint density at radius 2 is 2.00 bits per heavy atom. The van der Waals surface area contributed by atoms with Gasteiger partial charge in [0, 0.05) is 18.3 Å². The van der Waals surface area contributed by atoms with Gasteiger partial charge in [0.1, 0.15) is 6.10 Å². The summed E-state index contributed by atoms with van der Waals surface area (Å²) in [7, 11) is 0. The van der Waals surface area contributed by atoms with Crippen LogP contribution < -0.4 is 11.1 Å². The summed E-state index contributed by atoms with van der Waals surface area (Å²) in [4.78, 5) is 19.4. The summed E-state index contributed by atoms with van der Waals surface area (Å²) in [6.45, 7) is 3.72. The minimum Gasteiger partial charge on any atom is -0.390 e. The molecule has 0 aliphatic heterocycles. The third-order valence-corrected chi connectivity index (χ3v) is 5.42. The molecule has 1 amide bonds. The summed E-state index contributed by atoms with van der Waals surface area (Å²) in [5, 5.41) is 23.9. The van der Waals surface area contributed by atoms with Gasteiger partial charge in [-0.2, -0.15) is 0 Å². The molecule has 0 saturated heterocycles. The van der Waals surface area contributed by atoms with Crippen molar-refractivity contribution < 1.29 is 15.0 Å². The summed E-state index contributed by atoms with van der Waals surface area (Å²) in [5.74, 6) is 0.0664. The number of H-pyrrole nitrogens is 1. The topological polar surface area (TPSA) is 124 Å². The van der Waals surface area contributed by atoms with Crippen LogP contribution in [0.15, 0.2) is 12.5 Å². The van der Waals surface area contributed by atoms with Crippen LogP contribution in [0.2, 0.25) is 0 Å². The predicted molar refractivity (Wildman–Crippen MR) is 100 cm³/mol. The van der Waals surface area contributed by atoms with Gasteiger partial charge in [-0.05, 0) is 18.3 Å². The van der Waals surface area contributed by atoms with E-state index >= 15 is 0 Å². The van der Waals surface area contributed by atoms with E-state index in [0.29, 0.717) is 18.8 Å². The maximum Gasteiger partial charge on any atom is 0.237 e. The molecule has 4 atom stereocenters. The van der Waals surface area contributed by atoms with Crippen LogP contribution >= 0.6 is 0 Å². The largest absolute Gasteiger partial charge is 0.390 e. The van der Waals surface area contributed by atoms with Crippen molar-refractivity contribution in [2.24, 2.45) is 17.6 Å². The molecule has 1 heterocycles. The standard InChI is InChI=1S/C19H34N4O3/c1-12(2)17(24)18(25)16(8-13-6-4-3-5-7-13)23-19(26)15(20)9-14-10-21-11-22-14/h10-13,15-18,24-25H,3-9,20H2,1-2H3,(H,21,22)(H,23,26)/t15-,16-,17-,18+/m0/s1. The number of rotatable bonds is 9. The molecule has 1 aromatic rings. The highest BCUT2D eigenvalue weighted by molar-refractivity contribution is 5.82. The van der Waals surface area contributed by atoms with E-state index in [4.69, 9.17) is 5.73 Å². The third-order valence-electron chi connectivity index (χ3n) is 5.42. The summed E-state index contributed by atoms with van der Waals surface area (Å²) < 4.78 is 0. The molecule has 0 aromatic carbocycles. The van der Waals surface area contributed by atoms with Crippen LogP contribution in [0.25, 0.3) is 0 Å². The molecule has 0 radical (unpaired) electrons. The van der Waals surface area contributed by atoms with Crippen LogP contribution in [0, 0.1) is 11.8 Å². The SMILES string of the molecule is CC(C)[C@H](O)[C@H](O)[C@H](CC1CCCCC1)NC(=O)[C@@H](N)Cc1cnc[nH]1. The van der Waals surface area contributed by atoms with Gasteiger partial charge >= 0.3 is 0 Å². The zero-order chi connectivity index (χ0) is 19.1. The summed E-state index contributed by atoms with van der Waals surface area (Å²) >= 11 is 0. The molecule has 0 spiro atoms. The monoisotopic (exact) mass is 366 g/mol. The Bertz CT molecular complexity index is 529. The lowest BCUT2D eigenvalue weighted by Crippen LogP contribution is -2.54. The Hall–Kier alpha value is -1.44. The smallest absolute Gasteiger partial charge is 0.237 e. The fourth-order valence-corrected chi connectivity index (χ4v) is 3.71. The highest BCUT2D eigenvalue weighted by Gasteiger charge is 2.32. The first-order chi connectivity index (χ1) is 12.4. The van der Waals surface area contributed by atoms with Crippen LogP contribution in [0.5, 0.6) is 0 Å². The molecule has 148 valence electrons. The second kappa shape index (κ2) is 10.0. The van der Waals surface area contributed by atoms with E-state index in [1.165, 1.54) is 19.3 Å². The number of aromatic amines is 1. The van der Waals surface area contributed by atoms with E-state index in [1.807, 2.05) is 13.8 Å². The van der Waals surface area contributed by atoms with Gasteiger partial charge in [-0.15, -0.1) is 0 Å². The molecule has 2 rings (SSSR count). The van der Waals surface area contributed by atoms with E-state index in [1.54, 1.807) is 12.5 Å². The van der Waals surface area contributed by atoms with Crippen LogP contribution in [0.3, 0.4) is 0 Å². The van der Waals surface area contributed by atoms with Gasteiger partial charge in [0.05, 0.1) is 24.5 Å². The third kappa shape index (κ3) is 6.07. The van der Waals surface area contributed by atoms with Gasteiger partial charge in [-0.25, -0.2) is 4.98 Å². The first-order valence-electron chi connectivity index (χ1n) is 9.77. The number of aliphatic hydroxyl groups is 2. The van der Waals surface area contributed by atoms with E-state index in [0.717, 1.165) is 18.5 Å². The van der Waals surface area contributed by atoms with Crippen LogP contribution in [-0.4, -0.2) is 50.4 Å². The summed E-state index contributed by atoms with van der Waals surface area (Å²) in [6.07, 6.45) is 8.18. The van der Waals surface area contributed by atoms with E-state index in [2.05, 4.69) is 15.3 Å². The Balaban J connectivity index is 1.99. The van der Waals surface area contributed by atoms with Gasteiger partial charge in [0.25, 0.3) is 0 Å². The fourth-order valence-electron chi connectivity index (χ4n) is 3.71. The molecule has 0 unspecified atom stereocenters. The molecule has 1 aliphatic carbocycles. The average Bonchev–Trinajstić information content (AvgIpc) is 3.13. The summed E-state index contributed by atoms with van der Waals surface area (Å²) in [5.41, 5.74) is 6.81. The fraction of sp³-hybridized carbons (Fsp3) is 0.789. The maximum atomic E-state index is 12.6. The van der Waals surface area contributed by atoms with Crippen LogP contribution in [0.1, 0.15) is 58.1 Å². The number of aliphatic hydroxyl groups excluding tert-OH is 2. The Labute approximate surface area is 155 Å². The highest BCUT2D eigenvalue weighted by Crippen LogP contribution is 2.29. The minimum absolute atomic E-state index is 0.0885. The van der Waals surface area contributed by atoms with Crippen molar-refractivity contribution in [1.29, 1.82) is 0 Å². The van der Waals surface area contributed by atoms with Gasteiger partial charge in [0.2, 0.25) is 5.91 Å². The zero-order valence-corrected chi connectivity index (χ0v) is 15.9. The molecule has 26 heavy (non-hydrogen) atoms. The molecule has 1 aliphatic rings. The molecule has 1 aromatic heterocycles. The predicted octanol–water partition coefficient (Wildman–Crippen LogP) is 1.11. The number of aromatic nitrogens is 2. The average molecular weight is 367 g/mol. The molecular formula is C19H34N4O3. The Morgan fingerprint density at radius 3 is 2.58 bits per heavy atom. The number of carbonyl (C=O) groups excluding carboxylic acids is 1. The first kappa shape index (κ1) is 20.9. The Kier molecular flexibility index (Phi) is 8.06. The maximum absolute atomic E-state index is 12.6. The van der Waals surface area contributed by atoms with Gasteiger partial charge in [0.15, 0.2) is 0 Å². The quantitative estimate of drug-likeness (QED) is 0.448. The van der Waals surface area contributed by atoms with Crippen LogP contribution in [0.4, 0.5) is 0 Å². The van der Waals surface area contributed by atoms with Crippen molar-refractivity contribution in [3.63, 3.8) is 0 Å². The molecule has 7 nitrogen and oxygen atoms in total. The van der Waals surface area contributed by atoms with Crippen molar-refractivity contribution in [3.8, 4) is 0 Å². The molecular weight excluding hydrogens is 332 g/mol. The van der Waals surface area contributed by atoms with Crippen LogP contribution in [-0.2, 0) is 11.2 Å². The number of hydrogen-bond acceptors (Lipinski definition) is 5. The van der Waals surface area contributed by atoms with E-state index in [-0.39, 0.29) is 11.8 Å². The van der Waals surface area contributed by atoms with Crippen molar-refractivity contribution in [3.05, 3.63) is 18.2 Å². The van der Waals surface area contributed by atoms with Gasteiger partial charge < -0.3 is 26.2 Å². The highest BCUT2D eigenvalue weighted by atomic mass is 16.3. The molecule has 1 saturated carbocycles. The van der Waals surface area contributed by atoms with Crippen molar-refractivity contribution in [2.45, 2.75) is 83.1 Å². The Morgan fingerprint density at radius 1 is 1.31 bits per heavy atom. The van der Waals surface area contributed by atoms with E-state index < -0.39 is 24.3 Å². The lowest BCUT2D eigenvalue weighted by molar-refractivity contribution is -0.125. The molecule has 7 heteroatoms. The number of nitrogens with one attached hydrogen (secondary N) is 2. The minimum atomic E-state index is -1.000. The van der Waals surface area contributed by atoms with Gasteiger partial charge in [-0.1, -0.05) is 46.0 Å². The van der Waals surface area contributed by atoms with Crippen molar-refractivity contribution in [2.75, 3.05) is 0 Å². The normalized spacial score (nSPS) is 20.5. The lowest BCUT2D eigenvalue weighted by Gasteiger charge is -2.34. The summed E-state index contributed by atoms with van der Waals surface area (Å²) in [6, 6.07) is -1.22. The first-order valence-corrected chi connectivity index (χ1v) is 9.77. The lowest BCUT2D eigenvalue weighted by atomic mass is 9.82. The number of hydrogen-bond donors (Lipinski definition) is 5.